The maximum absolute atomic E-state index is 14.1. The maximum Gasteiger partial charge on any atom is 0.336 e. The molecule has 1 aliphatic rings. The van der Waals surface area contributed by atoms with Gasteiger partial charge in [-0.05, 0) is 24.3 Å². The van der Waals surface area contributed by atoms with E-state index in [0.717, 1.165) is 6.42 Å². The second-order valence-corrected chi connectivity index (χ2v) is 5.71. The van der Waals surface area contributed by atoms with Gasteiger partial charge in [-0.1, -0.05) is 12.1 Å². The number of hydrogen-bond acceptors (Lipinski definition) is 4. The van der Waals surface area contributed by atoms with Gasteiger partial charge in [-0.3, -0.25) is 0 Å². The Kier molecular flexibility index (Phi) is 3.72. The Bertz CT molecular complexity index is 987. The van der Waals surface area contributed by atoms with Gasteiger partial charge in [-0.2, -0.15) is 0 Å². The lowest BCUT2D eigenvalue weighted by Gasteiger charge is -2.12. The van der Waals surface area contributed by atoms with Crippen LogP contribution in [0.1, 0.15) is 16.8 Å². The molecule has 0 radical (unpaired) electrons. The second kappa shape index (κ2) is 6.05. The number of aromatic carboxylic acids is 1. The molecule has 0 aliphatic carbocycles. The number of pyridine rings is 1. The van der Waals surface area contributed by atoms with Crippen LogP contribution in [0.5, 0.6) is 11.5 Å². The molecule has 0 saturated carbocycles. The van der Waals surface area contributed by atoms with Gasteiger partial charge in [0.25, 0.3) is 0 Å². The van der Waals surface area contributed by atoms with Crippen molar-refractivity contribution in [3.05, 3.63) is 53.8 Å². The average molecular weight is 339 g/mol. The number of ether oxygens (including phenoxy) is 2. The Balaban J connectivity index is 1.99. The van der Waals surface area contributed by atoms with E-state index in [1.807, 2.05) is 0 Å². The Morgan fingerprint density at radius 3 is 2.52 bits per heavy atom. The van der Waals surface area contributed by atoms with Crippen LogP contribution in [-0.4, -0.2) is 29.3 Å². The number of rotatable bonds is 2. The molecule has 0 saturated heterocycles. The molecule has 126 valence electrons. The van der Waals surface area contributed by atoms with Crippen molar-refractivity contribution >= 4 is 16.9 Å². The van der Waals surface area contributed by atoms with E-state index in [1.165, 1.54) is 12.1 Å². The first kappa shape index (κ1) is 15.4. The number of halogens is 1. The number of carboxylic acids is 1. The third kappa shape index (κ3) is 2.76. The van der Waals surface area contributed by atoms with Crippen LogP contribution in [0.4, 0.5) is 4.39 Å². The van der Waals surface area contributed by atoms with E-state index >= 15 is 0 Å². The summed E-state index contributed by atoms with van der Waals surface area (Å²) in [4.78, 5) is 16.2. The first-order valence-electron chi connectivity index (χ1n) is 7.86. The van der Waals surface area contributed by atoms with Crippen LogP contribution in [0.25, 0.3) is 22.2 Å². The maximum atomic E-state index is 14.1. The summed E-state index contributed by atoms with van der Waals surface area (Å²) in [5, 5.41) is 10.0. The van der Waals surface area contributed by atoms with Gasteiger partial charge in [0, 0.05) is 23.4 Å². The monoisotopic (exact) mass is 339 g/mol. The Labute approximate surface area is 142 Å². The molecule has 0 fully saturated rings. The predicted molar refractivity (Wildman–Crippen MR) is 89.7 cm³/mol. The van der Waals surface area contributed by atoms with Gasteiger partial charge < -0.3 is 14.6 Å². The van der Waals surface area contributed by atoms with Crippen molar-refractivity contribution in [3.63, 3.8) is 0 Å². The van der Waals surface area contributed by atoms with Crippen LogP contribution in [0, 0.1) is 5.82 Å². The zero-order valence-electron chi connectivity index (χ0n) is 13.2. The van der Waals surface area contributed by atoms with Crippen molar-refractivity contribution in [2.24, 2.45) is 0 Å². The molecule has 0 bridgehead atoms. The van der Waals surface area contributed by atoms with Crippen LogP contribution in [0.2, 0.25) is 0 Å². The smallest absolute Gasteiger partial charge is 0.336 e. The van der Waals surface area contributed by atoms with Crippen molar-refractivity contribution in [3.8, 4) is 22.8 Å². The zero-order chi connectivity index (χ0) is 17.4. The third-order valence-corrected chi connectivity index (χ3v) is 4.06. The first-order valence-corrected chi connectivity index (χ1v) is 7.86. The zero-order valence-corrected chi connectivity index (χ0v) is 13.2. The van der Waals surface area contributed by atoms with Crippen LogP contribution in [-0.2, 0) is 0 Å². The minimum Gasteiger partial charge on any atom is -0.490 e. The summed E-state index contributed by atoms with van der Waals surface area (Å²) >= 11 is 0. The molecule has 1 aromatic heterocycles. The van der Waals surface area contributed by atoms with Crippen molar-refractivity contribution in [1.29, 1.82) is 0 Å². The molecular weight excluding hydrogens is 325 g/mol. The Morgan fingerprint density at radius 2 is 1.80 bits per heavy atom. The molecule has 0 spiro atoms. The fraction of sp³-hybridized carbons (Fsp3) is 0.158. The molecule has 0 atom stereocenters. The summed E-state index contributed by atoms with van der Waals surface area (Å²) < 4.78 is 25.4. The summed E-state index contributed by atoms with van der Waals surface area (Å²) in [6, 6.07) is 10.8. The lowest BCUT2D eigenvalue weighted by atomic mass is 10.0. The van der Waals surface area contributed by atoms with Crippen LogP contribution < -0.4 is 9.47 Å². The molecule has 0 unspecified atom stereocenters. The summed E-state index contributed by atoms with van der Waals surface area (Å²) in [5.41, 5.74) is 0.970. The van der Waals surface area contributed by atoms with Crippen LogP contribution in [0.15, 0.2) is 42.5 Å². The van der Waals surface area contributed by atoms with E-state index < -0.39 is 11.8 Å². The SMILES string of the molecule is O=C(O)c1cc(-c2ccccc2F)nc2cc3c(cc12)OCCCO3. The number of carboxylic acid groups (broad SMARTS) is 1. The fourth-order valence-electron chi connectivity index (χ4n) is 2.87. The highest BCUT2D eigenvalue weighted by Gasteiger charge is 2.19. The van der Waals surface area contributed by atoms with Gasteiger partial charge in [-0.25, -0.2) is 14.2 Å². The molecule has 1 N–H and O–H groups in total. The van der Waals surface area contributed by atoms with Crippen molar-refractivity contribution < 1.29 is 23.8 Å². The normalized spacial score (nSPS) is 13.5. The number of nitrogens with zero attached hydrogens (tertiary/aromatic N) is 1. The van der Waals surface area contributed by atoms with E-state index in [-0.39, 0.29) is 16.8 Å². The number of fused-ring (bicyclic) bond motifs is 2. The Hall–Kier alpha value is -3.15. The highest BCUT2D eigenvalue weighted by Crippen LogP contribution is 2.36. The number of hydrogen-bond donors (Lipinski definition) is 1. The van der Waals surface area contributed by atoms with Crippen molar-refractivity contribution in [2.75, 3.05) is 13.2 Å². The fourth-order valence-corrected chi connectivity index (χ4v) is 2.87. The van der Waals surface area contributed by atoms with E-state index in [9.17, 15) is 14.3 Å². The minimum absolute atomic E-state index is 0.0406. The molecular formula is C19H14FNO4. The first-order chi connectivity index (χ1) is 12.1. The van der Waals surface area contributed by atoms with Crippen LogP contribution in [0.3, 0.4) is 0 Å². The Morgan fingerprint density at radius 1 is 1.08 bits per heavy atom. The molecule has 3 aromatic rings. The van der Waals surface area contributed by atoms with E-state index in [0.29, 0.717) is 35.6 Å². The lowest BCUT2D eigenvalue weighted by Crippen LogP contribution is -2.02. The van der Waals surface area contributed by atoms with Gasteiger partial charge in [0.15, 0.2) is 11.5 Å². The van der Waals surface area contributed by atoms with E-state index in [4.69, 9.17) is 9.47 Å². The molecule has 25 heavy (non-hydrogen) atoms. The van der Waals surface area contributed by atoms with E-state index in [1.54, 1.807) is 30.3 Å². The minimum atomic E-state index is -1.11. The molecule has 4 rings (SSSR count). The molecule has 2 aromatic carbocycles. The van der Waals surface area contributed by atoms with Crippen molar-refractivity contribution in [2.45, 2.75) is 6.42 Å². The highest BCUT2D eigenvalue weighted by atomic mass is 19.1. The van der Waals surface area contributed by atoms with Gasteiger partial charge in [0.1, 0.15) is 5.82 Å². The third-order valence-electron chi connectivity index (χ3n) is 4.06. The average Bonchev–Trinajstić information content (AvgIpc) is 2.84. The quantitative estimate of drug-likeness (QED) is 0.767. The van der Waals surface area contributed by atoms with Gasteiger partial charge >= 0.3 is 5.97 Å². The molecule has 6 heteroatoms. The van der Waals surface area contributed by atoms with Gasteiger partial charge in [0.05, 0.1) is 30.0 Å². The molecule has 1 aliphatic heterocycles. The predicted octanol–water partition coefficient (Wildman–Crippen LogP) is 3.90. The molecule has 2 heterocycles. The van der Waals surface area contributed by atoms with Gasteiger partial charge in [-0.15, -0.1) is 0 Å². The lowest BCUT2D eigenvalue weighted by molar-refractivity contribution is 0.0699. The number of carbonyl (C=O) groups is 1. The highest BCUT2D eigenvalue weighted by molar-refractivity contribution is 6.04. The summed E-state index contributed by atoms with van der Waals surface area (Å²) in [6.45, 7) is 1.01. The molecule has 0 amide bonds. The summed E-state index contributed by atoms with van der Waals surface area (Å²) in [7, 11) is 0. The standard InChI is InChI=1S/C19H14FNO4/c20-14-5-2-1-4-11(14)15-8-13(19(22)23)12-9-17-18(10-16(12)21-15)25-7-3-6-24-17/h1-2,4-5,8-10H,3,6-7H2,(H,22,23). The van der Waals surface area contributed by atoms with Gasteiger partial charge in [0.2, 0.25) is 0 Å². The topological polar surface area (TPSA) is 68.7 Å². The molecule has 5 nitrogen and oxygen atoms in total. The summed E-state index contributed by atoms with van der Waals surface area (Å²) in [5.74, 6) is -0.563. The summed E-state index contributed by atoms with van der Waals surface area (Å²) in [6.07, 6.45) is 0.741. The second-order valence-electron chi connectivity index (χ2n) is 5.71. The number of benzene rings is 2. The largest absolute Gasteiger partial charge is 0.490 e. The van der Waals surface area contributed by atoms with E-state index in [2.05, 4.69) is 4.98 Å². The van der Waals surface area contributed by atoms with Crippen molar-refractivity contribution in [1.82, 2.24) is 4.98 Å². The van der Waals surface area contributed by atoms with Crippen LogP contribution >= 0.6 is 0 Å². The number of aromatic nitrogens is 1.